The molecule has 0 saturated heterocycles. The molecule has 1 aromatic heterocycles. The van der Waals surface area contributed by atoms with E-state index in [0.29, 0.717) is 0 Å². The van der Waals surface area contributed by atoms with E-state index in [1.165, 1.54) is 6.20 Å². The zero-order chi connectivity index (χ0) is 17.1. The Labute approximate surface area is 130 Å². The van der Waals surface area contributed by atoms with Crippen molar-refractivity contribution in [1.29, 1.82) is 0 Å². The van der Waals surface area contributed by atoms with E-state index in [1.54, 1.807) is 27.7 Å². The number of hydrogen-bond acceptors (Lipinski definition) is 4. The van der Waals surface area contributed by atoms with E-state index in [1.807, 2.05) is 5.32 Å². The molecule has 1 rings (SSSR count). The third kappa shape index (κ3) is 4.79. The number of rotatable bonds is 5. The highest BCUT2D eigenvalue weighted by molar-refractivity contribution is 7.90. The summed E-state index contributed by atoms with van der Waals surface area (Å²) in [7, 11) is 0. The maximum atomic E-state index is 13.3. The molecule has 0 fully saturated rings. The van der Waals surface area contributed by atoms with Crippen molar-refractivity contribution in [3.8, 4) is 0 Å². The normalized spacial score (nSPS) is 14.7. The molecule has 2 unspecified atom stereocenters. The fraction of sp³-hybridized carbons (Fsp3) is 0.538. The van der Waals surface area contributed by atoms with E-state index >= 15 is 0 Å². The fourth-order valence-corrected chi connectivity index (χ4v) is 2.47. The summed E-state index contributed by atoms with van der Waals surface area (Å²) in [6, 6.07) is 0.423. The first-order valence-corrected chi connectivity index (χ1v) is 7.64. The maximum Gasteiger partial charge on any atom is 0.409 e. The molecule has 1 amide bonds. The molecule has 22 heavy (non-hydrogen) atoms. The minimum Gasteiger partial charge on any atom is -0.598 e. The smallest absolute Gasteiger partial charge is 0.409 e. The van der Waals surface area contributed by atoms with Crippen molar-refractivity contribution in [2.45, 2.75) is 44.9 Å². The summed E-state index contributed by atoms with van der Waals surface area (Å²) in [5, 5.41) is 10.6. The van der Waals surface area contributed by atoms with Crippen LogP contribution in [0, 0.1) is 0 Å². The number of anilines is 1. The van der Waals surface area contributed by atoms with E-state index < -0.39 is 40.2 Å². The van der Waals surface area contributed by atoms with Crippen LogP contribution in [0.15, 0.2) is 12.3 Å². The minimum atomic E-state index is -2.92. The Hall–Kier alpha value is -1.45. The van der Waals surface area contributed by atoms with Crippen LogP contribution < -0.4 is 10.0 Å². The number of nitrogens with zero attached hydrogens (tertiary/aromatic N) is 1. The van der Waals surface area contributed by atoms with Gasteiger partial charge in [0.15, 0.2) is 0 Å². The van der Waals surface area contributed by atoms with Crippen LogP contribution in [-0.4, -0.2) is 25.5 Å². The largest absolute Gasteiger partial charge is 0.598 e. The number of hydrogen-bond donors (Lipinski definition) is 3. The summed E-state index contributed by atoms with van der Waals surface area (Å²) in [4.78, 5) is 14.6. The van der Waals surface area contributed by atoms with Crippen molar-refractivity contribution in [2.24, 2.45) is 0 Å². The number of amides is 1. The summed E-state index contributed by atoms with van der Waals surface area (Å²) in [5.41, 5.74) is -0.794. The Morgan fingerprint density at radius 2 is 2.05 bits per heavy atom. The molecular weight excluding hydrogens is 316 g/mol. The standard InChI is InChI=1S/C13H19F2N3O3S/c1-7(18-22(21)13(2,3)4)10-9(11(14)15)8(5-6-16-10)17-12(19)20/h5-7,11,18H,1-4H3,(H,16,17)(H,19,20). The number of alkyl halides is 2. The van der Waals surface area contributed by atoms with Gasteiger partial charge in [0.25, 0.3) is 6.43 Å². The summed E-state index contributed by atoms with van der Waals surface area (Å²) in [6.07, 6.45) is -3.14. The zero-order valence-electron chi connectivity index (χ0n) is 12.7. The average molecular weight is 335 g/mol. The SMILES string of the molecule is CC(N[S+]([O-])C(C)(C)C)c1nccc(NC(=O)O)c1C(F)F. The fourth-order valence-electron chi connectivity index (χ4n) is 1.68. The van der Waals surface area contributed by atoms with E-state index in [2.05, 4.69) is 9.71 Å². The Bertz CT molecular complexity index is 538. The van der Waals surface area contributed by atoms with Crippen molar-refractivity contribution in [2.75, 3.05) is 5.32 Å². The molecule has 0 aliphatic heterocycles. The second kappa shape index (κ2) is 7.21. The quantitative estimate of drug-likeness (QED) is 0.718. The number of carboxylic acid groups (broad SMARTS) is 1. The molecule has 0 spiro atoms. The summed E-state index contributed by atoms with van der Waals surface area (Å²) < 4.78 is 40.8. The molecule has 9 heteroatoms. The highest BCUT2D eigenvalue weighted by Crippen LogP contribution is 2.33. The van der Waals surface area contributed by atoms with Gasteiger partial charge in [-0.15, -0.1) is 4.72 Å². The van der Waals surface area contributed by atoms with Gasteiger partial charge in [-0.2, -0.15) is 0 Å². The number of nitrogens with one attached hydrogen (secondary N) is 2. The van der Waals surface area contributed by atoms with Gasteiger partial charge in [0, 0.05) is 17.6 Å². The van der Waals surface area contributed by atoms with Gasteiger partial charge in [0.1, 0.15) is 4.75 Å². The van der Waals surface area contributed by atoms with Crippen molar-refractivity contribution in [3.05, 3.63) is 23.5 Å². The molecule has 3 N–H and O–H groups in total. The molecule has 1 heterocycles. The first-order chi connectivity index (χ1) is 10.0. The lowest BCUT2D eigenvalue weighted by atomic mass is 10.1. The highest BCUT2D eigenvalue weighted by atomic mass is 32.2. The van der Waals surface area contributed by atoms with Gasteiger partial charge in [0.2, 0.25) is 0 Å². The average Bonchev–Trinajstić information content (AvgIpc) is 2.35. The highest BCUT2D eigenvalue weighted by Gasteiger charge is 2.31. The second-order valence-electron chi connectivity index (χ2n) is 5.61. The van der Waals surface area contributed by atoms with Gasteiger partial charge >= 0.3 is 6.09 Å². The Morgan fingerprint density at radius 3 is 2.50 bits per heavy atom. The Balaban J connectivity index is 3.15. The molecule has 1 aromatic rings. The summed E-state index contributed by atoms with van der Waals surface area (Å²) in [6.45, 7) is 6.77. The van der Waals surface area contributed by atoms with Crippen LogP contribution >= 0.6 is 0 Å². The maximum absolute atomic E-state index is 13.3. The number of aromatic nitrogens is 1. The summed E-state index contributed by atoms with van der Waals surface area (Å²) >= 11 is -1.48. The second-order valence-corrected chi connectivity index (χ2v) is 7.61. The molecule has 0 saturated carbocycles. The lowest BCUT2D eigenvalue weighted by molar-refractivity contribution is 0.149. The molecular formula is C13H19F2N3O3S. The van der Waals surface area contributed by atoms with E-state index in [-0.39, 0.29) is 11.4 Å². The first kappa shape index (κ1) is 18.6. The van der Waals surface area contributed by atoms with E-state index in [4.69, 9.17) is 5.11 Å². The van der Waals surface area contributed by atoms with Crippen LogP contribution in [0.3, 0.4) is 0 Å². The molecule has 0 aromatic carbocycles. The molecule has 6 nitrogen and oxygen atoms in total. The van der Waals surface area contributed by atoms with Crippen LogP contribution in [0.5, 0.6) is 0 Å². The number of halogens is 2. The van der Waals surface area contributed by atoms with E-state index in [9.17, 15) is 18.1 Å². The van der Waals surface area contributed by atoms with Gasteiger partial charge in [-0.1, -0.05) is 0 Å². The van der Waals surface area contributed by atoms with Crippen LogP contribution in [0.25, 0.3) is 0 Å². The van der Waals surface area contributed by atoms with Gasteiger partial charge in [-0.25, -0.2) is 13.6 Å². The summed E-state index contributed by atoms with van der Waals surface area (Å²) in [5.74, 6) is 0. The Kier molecular flexibility index (Phi) is 6.09. The Morgan fingerprint density at radius 1 is 1.45 bits per heavy atom. The minimum absolute atomic E-state index is 0.0427. The molecule has 0 bridgehead atoms. The van der Waals surface area contributed by atoms with Crippen LogP contribution in [-0.2, 0) is 11.4 Å². The third-order valence-electron chi connectivity index (χ3n) is 2.73. The number of pyridine rings is 1. The van der Waals surface area contributed by atoms with Crippen LogP contribution in [0.1, 0.15) is 51.4 Å². The van der Waals surface area contributed by atoms with Crippen LogP contribution in [0.4, 0.5) is 19.3 Å². The van der Waals surface area contributed by atoms with Crippen molar-refractivity contribution >= 4 is 23.1 Å². The molecule has 0 aliphatic rings. The predicted octanol–water partition coefficient (Wildman–Crippen LogP) is 3.22. The molecule has 0 radical (unpaired) electrons. The van der Waals surface area contributed by atoms with Gasteiger partial charge in [-0.3, -0.25) is 10.3 Å². The zero-order valence-corrected chi connectivity index (χ0v) is 13.5. The predicted molar refractivity (Wildman–Crippen MR) is 80.3 cm³/mol. The van der Waals surface area contributed by atoms with E-state index in [0.717, 1.165) is 6.07 Å². The first-order valence-electron chi connectivity index (χ1n) is 6.49. The van der Waals surface area contributed by atoms with Gasteiger partial charge in [-0.05, 0) is 33.8 Å². The van der Waals surface area contributed by atoms with Crippen molar-refractivity contribution < 1.29 is 23.2 Å². The molecule has 2 atom stereocenters. The van der Waals surface area contributed by atoms with Gasteiger partial charge < -0.3 is 9.66 Å². The van der Waals surface area contributed by atoms with Crippen molar-refractivity contribution in [3.63, 3.8) is 0 Å². The third-order valence-corrected chi connectivity index (χ3v) is 4.41. The lowest BCUT2D eigenvalue weighted by Crippen LogP contribution is -2.41. The number of carbonyl (C=O) groups is 1. The molecule has 124 valence electrons. The molecule has 0 aliphatic carbocycles. The monoisotopic (exact) mass is 335 g/mol. The topological polar surface area (TPSA) is 97.3 Å². The van der Waals surface area contributed by atoms with Crippen molar-refractivity contribution in [1.82, 2.24) is 9.71 Å². The van der Waals surface area contributed by atoms with Crippen LogP contribution in [0.2, 0.25) is 0 Å². The van der Waals surface area contributed by atoms with Gasteiger partial charge in [0.05, 0.1) is 23.0 Å². The lowest BCUT2D eigenvalue weighted by Gasteiger charge is -2.27.